The van der Waals surface area contributed by atoms with Gasteiger partial charge in [0.25, 0.3) is 0 Å². The van der Waals surface area contributed by atoms with Gasteiger partial charge >= 0.3 is 6.36 Å². The molecule has 0 aromatic heterocycles. The maximum Gasteiger partial charge on any atom is 0.573 e. The highest BCUT2D eigenvalue weighted by molar-refractivity contribution is 6.31. The predicted octanol–water partition coefficient (Wildman–Crippen LogP) is 4.41. The van der Waals surface area contributed by atoms with Crippen LogP contribution in [0.2, 0.25) is 5.02 Å². The Kier molecular flexibility index (Phi) is 4.75. The highest BCUT2D eigenvalue weighted by Gasteiger charge is 2.31. The third-order valence-electron chi connectivity index (χ3n) is 2.87. The van der Waals surface area contributed by atoms with Gasteiger partial charge in [-0.25, -0.2) is 0 Å². The summed E-state index contributed by atoms with van der Waals surface area (Å²) in [7, 11) is 0. The lowest BCUT2D eigenvalue weighted by molar-refractivity contribution is -0.274. The molecule has 0 aliphatic carbocycles. The molecule has 21 heavy (non-hydrogen) atoms. The predicted molar refractivity (Wildman–Crippen MR) is 76.3 cm³/mol. The van der Waals surface area contributed by atoms with Crippen molar-refractivity contribution >= 4 is 11.6 Å². The Hall–Kier alpha value is -1.72. The van der Waals surface area contributed by atoms with Crippen LogP contribution in [0.25, 0.3) is 11.1 Å². The summed E-state index contributed by atoms with van der Waals surface area (Å²) in [5.74, 6) is -0.262. The normalized spacial score (nSPS) is 11.5. The fraction of sp³-hybridized carbons (Fsp3) is 0.200. The van der Waals surface area contributed by atoms with Crippen LogP contribution in [0.1, 0.15) is 5.56 Å². The van der Waals surface area contributed by atoms with Crippen molar-refractivity contribution in [3.8, 4) is 16.9 Å². The van der Waals surface area contributed by atoms with E-state index in [9.17, 15) is 13.2 Å². The van der Waals surface area contributed by atoms with E-state index in [-0.39, 0.29) is 5.75 Å². The van der Waals surface area contributed by atoms with Crippen LogP contribution in [0, 0.1) is 0 Å². The molecule has 2 rings (SSSR count). The summed E-state index contributed by atoms with van der Waals surface area (Å²) in [6, 6.07) is 11.1. The molecular formula is C15H13ClF3NO. The Balaban J connectivity index is 2.30. The van der Waals surface area contributed by atoms with Gasteiger partial charge in [-0.3, -0.25) is 0 Å². The molecule has 0 fully saturated rings. The van der Waals surface area contributed by atoms with Gasteiger partial charge < -0.3 is 10.5 Å². The van der Waals surface area contributed by atoms with E-state index in [0.29, 0.717) is 29.1 Å². The Morgan fingerprint density at radius 2 is 1.76 bits per heavy atom. The maximum absolute atomic E-state index is 12.2. The third-order valence-corrected chi connectivity index (χ3v) is 3.22. The fourth-order valence-corrected chi connectivity index (χ4v) is 2.23. The third kappa shape index (κ3) is 4.37. The Morgan fingerprint density at radius 1 is 1.05 bits per heavy atom. The van der Waals surface area contributed by atoms with Crippen LogP contribution < -0.4 is 10.5 Å². The van der Waals surface area contributed by atoms with Gasteiger partial charge in [-0.05, 0) is 47.9 Å². The number of hydrogen-bond donors (Lipinski definition) is 1. The molecule has 2 nitrogen and oxygen atoms in total. The van der Waals surface area contributed by atoms with E-state index >= 15 is 0 Å². The van der Waals surface area contributed by atoms with E-state index in [1.54, 1.807) is 18.2 Å². The number of hydrogen-bond acceptors (Lipinski definition) is 2. The molecule has 0 radical (unpaired) electrons. The van der Waals surface area contributed by atoms with E-state index in [2.05, 4.69) is 4.74 Å². The van der Waals surface area contributed by atoms with Crippen molar-refractivity contribution in [2.24, 2.45) is 5.73 Å². The fourth-order valence-electron chi connectivity index (χ4n) is 1.96. The maximum atomic E-state index is 12.2. The van der Waals surface area contributed by atoms with Crippen LogP contribution in [0.5, 0.6) is 5.75 Å². The summed E-state index contributed by atoms with van der Waals surface area (Å²) in [5, 5.41) is 0.542. The molecule has 0 heterocycles. The molecule has 0 bridgehead atoms. The molecule has 2 N–H and O–H groups in total. The molecule has 6 heteroatoms. The highest BCUT2D eigenvalue weighted by atomic mass is 35.5. The summed E-state index contributed by atoms with van der Waals surface area (Å²) < 4.78 is 40.6. The van der Waals surface area contributed by atoms with Crippen molar-refractivity contribution in [2.75, 3.05) is 6.54 Å². The molecule has 2 aromatic carbocycles. The first-order valence-electron chi connectivity index (χ1n) is 6.24. The Labute approximate surface area is 125 Å². The lowest BCUT2D eigenvalue weighted by atomic mass is 10.0. The number of rotatable bonds is 4. The van der Waals surface area contributed by atoms with Gasteiger partial charge in [0.1, 0.15) is 5.75 Å². The number of alkyl halides is 3. The molecule has 0 saturated heterocycles. The summed E-state index contributed by atoms with van der Waals surface area (Å²) in [5.41, 5.74) is 7.69. The van der Waals surface area contributed by atoms with Crippen LogP contribution in [0.15, 0.2) is 42.5 Å². The molecule has 0 aliphatic rings. The van der Waals surface area contributed by atoms with Gasteiger partial charge in [-0.2, -0.15) is 0 Å². The smallest absolute Gasteiger partial charge is 0.406 e. The number of benzene rings is 2. The number of halogens is 4. The second-order valence-corrected chi connectivity index (χ2v) is 4.83. The first kappa shape index (κ1) is 15.7. The van der Waals surface area contributed by atoms with Gasteiger partial charge in [-0.15, -0.1) is 13.2 Å². The molecular weight excluding hydrogens is 303 g/mol. The topological polar surface area (TPSA) is 35.2 Å². The van der Waals surface area contributed by atoms with Gasteiger partial charge in [0.2, 0.25) is 0 Å². The van der Waals surface area contributed by atoms with E-state index in [4.69, 9.17) is 17.3 Å². The minimum absolute atomic E-state index is 0.262. The average molecular weight is 316 g/mol. The van der Waals surface area contributed by atoms with E-state index in [1.165, 1.54) is 18.2 Å². The summed E-state index contributed by atoms with van der Waals surface area (Å²) in [4.78, 5) is 0. The number of ether oxygens (including phenoxy) is 1. The SMILES string of the molecule is NCCc1ccc(-c2cccc(OC(F)(F)F)c2)cc1Cl. The van der Waals surface area contributed by atoms with Gasteiger partial charge in [0.05, 0.1) is 0 Å². The minimum atomic E-state index is -4.71. The summed E-state index contributed by atoms with van der Waals surface area (Å²) in [6.45, 7) is 0.480. The molecule has 0 spiro atoms. The molecule has 0 unspecified atom stereocenters. The largest absolute Gasteiger partial charge is 0.573 e. The second-order valence-electron chi connectivity index (χ2n) is 4.42. The van der Waals surface area contributed by atoms with Gasteiger partial charge in [0.15, 0.2) is 0 Å². The summed E-state index contributed by atoms with van der Waals surface area (Å²) in [6.07, 6.45) is -4.06. The van der Waals surface area contributed by atoms with Gasteiger partial charge in [0, 0.05) is 5.02 Å². The molecule has 0 aliphatic heterocycles. The van der Waals surface area contributed by atoms with E-state index in [1.807, 2.05) is 6.07 Å². The van der Waals surface area contributed by atoms with Crippen molar-refractivity contribution in [2.45, 2.75) is 12.8 Å². The monoisotopic (exact) mass is 315 g/mol. The zero-order valence-electron chi connectivity index (χ0n) is 11.0. The van der Waals surface area contributed by atoms with E-state index in [0.717, 1.165) is 5.56 Å². The van der Waals surface area contributed by atoms with Crippen LogP contribution in [-0.2, 0) is 6.42 Å². The first-order valence-corrected chi connectivity index (χ1v) is 6.61. The van der Waals surface area contributed by atoms with Crippen molar-refractivity contribution < 1.29 is 17.9 Å². The summed E-state index contributed by atoms with van der Waals surface area (Å²) >= 11 is 6.14. The van der Waals surface area contributed by atoms with Crippen LogP contribution in [0.4, 0.5) is 13.2 Å². The van der Waals surface area contributed by atoms with Crippen LogP contribution >= 0.6 is 11.6 Å². The number of nitrogens with two attached hydrogens (primary N) is 1. The molecule has 0 amide bonds. The van der Waals surface area contributed by atoms with Crippen molar-refractivity contribution in [3.63, 3.8) is 0 Å². The van der Waals surface area contributed by atoms with Crippen LogP contribution in [-0.4, -0.2) is 12.9 Å². The molecule has 112 valence electrons. The lowest BCUT2D eigenvalue weighted by Crippen LogP contribution is -2.17. The van der Waals surface area contributed by atoms with E-state index < -0.39 is 6.36 Å². The van der Waals surface area contributed by atoms with Crippen molar-refractivity contribution in [3.05, 3.63) is 53.1 Å². The molecule has 0 saturated carbocycles. The molecule has 0 atom stereocenters. The zero-order chi connectivity index (χ0) is 15.5. The minimum Gasteiger partial charge on any atom is -0.406 e. The first-order chi connectivity index (χ1) is 9.89. The Bertz CT molecular complexity index is 629. The quantitative estimate of drug-likeness (QED) is 0.907. The van der Waals surface area contributed by atoms with Crippen molar-refractivity contribution in [1.29, 1.82) is 0 Å². The zero-order valence-corrected chi connectivity index (χ0v) is 11.7. The molecule has 2 aromatic rings. The lowest BCUT2D eigenvalue weighted by Gasteiger charge is -2.11. The van der Waals surface area contributed by atoms with Crippen molar-refractivity contribution in [1.82, 2.24) is 0 Å². The average Bonchev–Trinajstić information content (AvgIpc) is 2.39. The Morgan fingerprint density at radius 3 is 2.38 bits per heavy atom. The standard InChI is InChI=1S/C15H13ClF3NO/c16-14-9-12(5-4-10(14)6-7-20)11-2-1-3-13(8-11)21-15(17,18)19/h1-5,8-9H,6-7,20H2. The second kappa shape index (κ2) is 6.37. The highest BCUT2D eigenvalue weighted by Crippen LogP contribution is 2.30. The van der Waals surface area contributed by atoms with Crippen LogP contribution in [0.3, 0.4) is 0 Å². The van der Waals surface area contributed by atoms with Gasteiger partial charge in [-0.1, -0.05) is 35.9 Å².